The fourth-order valence-corrected chi connectivity index (χ4v) is 3.56. The molecule has 1 atom stereocenters. The van der Waals surface area contributed by atoms with Crippen molar-refractivity contribution in [3.8, 4) is 0 Å². The lowest BCUT2D eigenvalue weighted by Crippen LogP contribution is -2.38. The molecule has 2 N–H and O–H groups in total. The van der Waals surface area contributed by atoms with Gasteiger partial charge in [0.2, 0.25) is 0 Å². The number of nitrogens with zero attached hydrogens (tertiary/aromatic N) is 4. The van der Waals surface area contributed by atoms with Crippen LogP contribution in [0.2, 0.25) is 0 Å². The summed E-state index contributed by atoms with van der Waals surface area (Å²) in [5.74, 6) is 2.76. The number of hydrogen-bond donors (Lipinski definition) is 2. The van der Waals surface area contributed by atoms with Crippen LogP contribution in [0.5, 0.6) is 0 Å². The fraction of sp³-hybridized carbons (Fsp3) is 0.556. The summed E-state index contributed by atoms with van der Waals surface area (Å²) in [6.45, 7) is 9.18. The number of hydrogen-bond acceptors (Lipinski definition) is 6. The lowest BCUT2D eigenvalue weighted by Gasteiger charge is -2.29. The predicted octanol–water partition coefficient (Wildman–Crippen LogP) is 1.25. The summed E-state index contributed by atoms with van der Waals surface area (Å²) < 4.78 is 7.53. The Morgan fingerprint density at radius 3 is 3.12 bits per heavy atom. The third kappa shape index (κ3) is 3.77. The zero-order valence-electron chi connectivity index (χ0n) is 14.7. The first-order valence-electron chi connectivity index (χ1n) is 9.05. The summed E-state index contributed by atoms with van der Waals surface area (Å²) in [6.07, 6.45) is 1.88. The Hall–Kier alpha value is -2.12. The zero-order chi connectivity index (χ0) is 17.1. The highest BCUT2D eigenvalue weighted by atomic mass is 16.5. The van der Waals surface area contributed by atoms with Gasteiger partial charge in [0.05, 0.1) is 18.9 Å². The maximum absolute atomic E-state index is 5.45. The first-order chi connectivity index (χ1) is 12.3. The molecule has 0 saturated carbocycles. The van der Waals surface area contributed by atoms with Gasteiger partial charge in [0.1, 0.15) is 11.6 Å². The van der Waals surface area contributed by atoms with E-state index in [1.807, 2.05) is 19.2 Å². The standard InChI is InChI=1S/C18H26N6O/c1-14-9-17-21-11-15(13-24(17)22-14)10-19-12-16-3-2-4-20-18(16)23-5-7-25-8-6-23/h2-4,9,15,19,21H,5-8,10-13H2,1H3/t15-/m1/s1. The van der Waals surface area contributed by atoms with E-state index >= 15 is 0 Å². The van der Waals surface area contributed by atoms with Crippen molar-refractivity contribution in [2.24, 2.45) is 5.92 Å². The number of fused-ring (bicyclic) bond motifs is 1. The topological polar surface area (TPSA) is 67.2 Å². The lowest BCUT2D eigenvalue weighted by atomic mass is 10.1. The zero-order valence-corrected chi connectivity index (χ0v) is 14.7. The number of ether oxygens (including phenoxy) is 1. The molecular formula is C18H26N6O. The van der Waals surface area contributed by atoms with Gasteiger partial charge < -0.3 is 20.3 Å². The Kier molecular flexibility index (Phi) is 4.85. The maximum atomic E-state index is 5.45. The largest absolute Gasteiger partial charge is 0.378 e. The van der Waals surface area contributed by atoms with Gasteiger partial charge in [-0.25, -0.2) is 9.67 Å². The molecule has 7 heteroatoms. The molecule has 0 spiro atoms. The van der Waals surface area contributed by atoms with Crippen LogP contribution in [0, 0.1) is 12.8 Å². The molecule has 1 saturated heterocycles. The van der Waals surface area contributed by atoms with Crippen molar-refractivity contribution in [3.05, 3.63) is 35.7 Å². The quantitative estimate of drug-likeness (QED) is 0.853. The molecular weight excluding hydrogens is 316 g/mol. The molecule has 0 radical (unpaired) electrons. The maximum Gasteiger partial charge on any atom is 0.133 e. The minimum absolute atomic E-state index is 0.537. The van der Waals surface area contributed by atoms with E-state index in [-0.39, 0.29) is 0 Å². The van der Waals surface area contributed by atoms with E-state index in [1.165, 1.54) is 5.56 Å². The van der Waals surface area contributed by atoms with Gasteiger partial charge in [0.15, 0.2) is 0 Å². The highest BCUT2D eigenvalue weighted by molar-refractivity contribution is 5.47. The highest BCUT2D eigenvalue weighted by Gasteiger charge is 2.20. The van der Waals surface area contributed by atoms with E-state index in [0.717, 1.165) is 69.8 Å². The van der Waals surface area contributed by atoms with Crippen molar-refractivity contribution in [1.82, 2.24) is 20.1 Å². The fourth-order valence-electron chi connectivity index (χ4n) is 3.56. The molecule has 0 bridgehead atoms. The molecule has 2 aliphatic rings. The molecule has 7 nitrogen and oxygen atoms in total. The van der Waals surface area contributed by atoms with Crippen LogP contribution < -0.4 is 15.5 Å². The summed E-state index contributed by atoms with van der Waals surface area (Å²) >= 11 is 0. The summed E-state index contributed by atoms with van der Waals surface area (Å²) in [5, 5.41) is 11.6. The third-order valence-corrected chi connectivity index (χ3v) is 4.83. The van der Waals surface area contributed by atoms with Gasteiger partial charge in [-0.15, -0.1) is 0 Å². The van der Waals surface area contributed by atoms with Gasteiger partial charge in [-0.1, -0.05) is 6.07 Å². The number of morpholine rings is 1. The Morgan fingerprint density at radius 2 is 2.24 bits per heavy atom. The minimum atomic E-state index is 0.537. The normalized spacial score (nSPS) is 20.2. The van der Waals surface area contributed by atoms with Crippen LogP contribution in [-0.2, 0) is 17.8 Å². The van der Waals surface area contributed by atoms with Crippen LogP contribution in [0.1, 0.15) is 11.3 Å². The van der Waals surface area contributed by atoms with E-state index in [0.29, 0.717) is 5.92 Å². The van der Waals surface area contributed by atoms with Gasteiger partial charge in [-0.05, 0) is 13.0 Å². The first-order valence-corrected chi connectivity index (χ1v) is 9.05. The molecule has 0 aromatic carbocycles. The van der Waals surface area contributed by atoms with Crippen LogP contribution in [0.25, 0.3) is 0 Å². The summed E-state index contributed by atoms with van der Waals surface area (Å²) in [4.78, 5) is 6.93. The Labute approximate surface area is 148 Å². The van der Waals surface area contributed by atoms with Crippen molar-refractivity contribution >= 4 is 11.6 Å². The number of aryl methyl sites for hydroxylation is 1. The molecule has 2 aromatic heterocycles. The highest BCUT2D eigenvalue weighted by Crippen LogP contribution is 2.20. The summed E-state index contributed by atoms with van der Waals surface area (Å²) in [6, 6.07) is 6.29. The number of anilines is 2. The SMILES string of the molecule is Cc1cc2n(n1)C[C@H](CNCc1cccnc1N1CCOCC1)CN2. The van der Waals surface area contributed by atoms with Crippen molar-refractivity contribution < 1.29 is 4.74 Å². The van der Waals surface area contributed by atoms with E-state index in [9.17, 15) is 0 Å². The Bertz CT molecular complexity index is 709. The van der Waals surface area contributed by atoms with Gasteiger partial charge in [0, 0.05) is 63.0 Å². The van der Waals surface area contributed by atoms with Gasteiger partial charge in [-0.2, -0.15) is 5.10 Å². The molecule has 134 valence electrons. The number of aromatic nitrogens is 3. The number of pyridine rings is 1. The van der Waals surface area contributed by atoms with Crippen molar-refractivity contribution in [3.63, 3.8) is 0 Å². The Morgan fingerprint density at radius 1 is 1.36 bits per heavy atom. The van der Waals surface area contributed by atoms with Crippen molar-refractivity contribution in [2.45, 2.75) is 20.0 Å². The molecule has 4 rings (SSSR count). The van der Waals surface area contributed by atoms with E-state index in [1.54, 1.807) is 0 Å². The second-order valence-corrected chi connectivity index (χ2v) is 6.82. The predicted molar refractivity (Wildman–Crippen MR) is 97.9 cm³/mol. The third-order valence-electron chi connectivity index (χ3n) is 4.83. The molecule has 0 unspecified atom stereocenters. The monoisotopic (exact) mass is 342 g/mol. The van der Waals surface area contributed by atoms with E-state index < -0.39 is 0 Å². The summed E-state index contributed by atoms with van der Waals surface area (Å²) in [7, 11) is 0. The molecule has 2 aromatic rings. The van der Waals surface area contributed by atoms with Crippen LogP contribution in [0.4, 0.5) is 11.6 Å². The molecule has 0 amide bonds. The number of nitrogens with one attached hydrogen (secondary N) is 2. The van der Waals surface area contributed by atoms with Gasteiger partial charge in [-0.3, -0.25) is 0 Å². The second kappa shape index (κ2) is 7.41. The second-order valence-electron chi connectivity index (χ2n) is 6.82. The van der Waals surface area contributed by atoms with Crippen molar-refractivity contribution in [1.29, 1.82) is 0 Å². The molecule has 0 aliphatic carbocycles. The molecule has 25 heavy (non-hydrogen) atoms. The van der Waals surface area contributed by atoms with E-state index in [4.69, 9.17) is 4.74 Å². The average molecular weight is 342 g/mol. The lowest BCUT2D eigenvalue weighted by molar-refractivity contribution is 0.122. The average Bonchev–Trinajstić information content (AvgIpc) is 3.02. The summed E-state index contributed by atoms with van der Waals surface area (Å²) in [5.41, 5.74) is 2.32. The first kappa shape index (κ1) is 16.4. The van der Waals surface area contributed by atoms with Crippen LogP contribution in [0.15, 0.2) is 24.4 Å². The molecule has 2 aliphatic heterocycles. The van der Waals surface area contributed by atoms with Gasteiger partial charge in [0.25, 0.3) is 0 Å². The van der Waals surface area contributed by atoms with Crippen molar-refractivity contribution in [2.75, 3.05) is 49.6 Å². The molecule has 1 fully saturated rings. The van der Waals surface area contributed by atoms with Crippen LogP contribution in [0.3, 0.4) is 0 Å². The molecule has 4 heterocycles. The van der Waals surface area contributed by atoms with Crippen LogP contribution in [-0.4, -0.2) is 54.2 Å². The minimum Gasteiger partial charge on any atom is -0.378 e. The van der Waals surface area contributed by atoms with Gasteiger partial charge >= 0.3 is 0 Å². The van der Waals surface area contributed by atoms with Crippen LogP contribution >= 0.6 is 0 Å². The number of rotatable bonds is 5. The smallest absolute Gasteiger partial charge is 0.133 e. The van der Waals surface area contributed by atoms with E-state index in [2.05, 4.69) is 42.4 Å². The Balaban J connectivity index is 1.33.